The third-order valence-corrected chi connectivity index (χ3v) is 5.83. The molecule has 2 aromatic rings. The van der Waals surface area contributed by atoms with E-state index in [9.17, 15) is 19.7 Å². The molecule has 0 atom stereocenters. The molecule has 1 N–H and O–H groups in total. The Morgan fingerprint density at radius 2 is 1.97 bits per heavy atom. The summed E-state index contributed by atoms with van der Waals surface area (Å²) in [7, 11) is 2.74. The number of amides is 2. The van der Waals surface area contributed by atoms with Crippen molar-refractivity contribution < 1.29 is 24.0 Å². The van der Waals surface area contributed by atoms with Crippen molar-refractivity contribution in [1.82, 2.24) is 9.88 Å². The van der Waals surface area contributed by atoms with E-state index in [2.05, 4.69) is 10.3 Å². The smallest absolute Gasteiger partial charge is 0.286 e. The summed E-state index contributed by atoms with van der Waals surface area (Å²) in [6, 6.07) is 2.42. The van der Waals surface area contributed by atoms with Gasteiger partial charge in [0.25, 0.3) is 11.6 Å². The van der Waals surface area contributed by atoms with Crippen molar-refractivity contribution in [2.24, 2.45) is 5.92 Å². The average molecular weight is 449 g/mol. The van der Waals surface area contributed by atoms with E-state index in [-0.39, 0.29) is 28.9 Å². The number of nitrogens with one attached hydrogen (secondary N) is 1. The molecule has 1 aromatic carbocycles. The van der Waals surface area contributed by atoms with Crippen molar-refractivity contribution in [2.75, 3.05) is 26.1 Å². The van der Waals surface area contributed by atoms with E-state index in [0.717, 1.165) is 16.6 Å². The van der Waals surface area contributed by atoms with Crippen LogP contribution < -0.4 is 14.8 Å². The molecule has 0 radical (unpaired) electrons. The molecule has 3 rings (SSSR count). The van der Waals surface area contributed by atoms with Crippen molar-refractivity contribution >= 4 is 34.0 Å². The fraction of sp³-hybridized carbons (Fsp3) is 0.450. The summed E-state index contributed by atoms with van der Waals surface area (Å²) in [5.41, 5.74) is 0.266. The quantitative estimate of drug-likeness (QED) is 0.509. The Kier molecular flexibility index (Phi) is 6.74. The molecular formula is C20H24N4O6S. The van der Waals surface area contributed by atoms with Crippen LogP contribution in [0.2, 0.25) is 0 Å². The highest BCUT2D eigenvalue weighted by Crippen LogP contribution is 2.35. The first-order valence-corrected chi connectivity index (χ1v) is 10.5. The van der Waals surface area contributed by atoms with Crippen molar-refractivity contribution in [3.05, 3.63) is 38.4 Å². The molecule has 0 aliphatic carbocycles. The molecule has 166 valence electrons. The number of hydrogen-bond donors (Lipinski definition) is 1. The lowest BCUT2D eigenvalue weighted by Gasteiger charge is -2.26. The first-order chi connectivity index (χ1) is 14.7. The van der Waals surface area contributed by atoms with E-state index in [0.29, 0.717) is 31.1 Å². The Morgan fingerprint density at radius 1 is 1.29 bits per heavy atom. The lowest BCUT2D eigenvalue weighted by Crippen LogP contribution is -2.36. The van der Waals surface area contributed by atoms with Crippen molar-refractivity contribution in [3.63, 3.8) is 0 Å². The summed E-state index contributed by atoms with van der Waals surface area (Å²) in [5, 5.41) is 14.4. The topological polar surface area (TPSA) is 124 Å². The first-order valence-electron chi connectivity index (χ1n) is 9.71. The average Bonchev–Trinajstić information content (AvgIpc) is 3.13. The number of carbonyl (C=O) groups is 2. The molecule has 1 aliphatic heterocycles. The third kappa shape index (κ3) is 4.93. The highest BCUT2D eigenvalue weighted by Gasteiger charge is 2.28. The Hall–Kier alpha value is -3.21. The molecule has 0 unspecified atom stereocenters. The molecule has 0 fully saturated rings. The Labute approximate surface area is 183 Å². The second kappa shape index (κ2) is 9.29. The van der Waals surface area contributed by atoms with Crippen LogP contribution in [0.1, 0.15) is 41.2 Å². The number of benzene rings is 1. The van der Waals surface area contributed by atoms with Gasteiger partial charge in [0.2, 0.25) is 5.91 Å². The Morgan fingerprint density at radius 3 is 2.58 bits per heavy atom. The first kappa shape index (κ1) is 22.5. The lowest BCUT2D eigenvalue weighted by atomic mass is 10.1. The monoisotopic (exact) mass is 448 g/mol. The molecule has 0 saturated carbocycles. The number of carbonyl (C=O) groups excluding carboxylic acids is 2. The number of rotatable bonds is 7. The van der Waals surface area contributed by atoms with E-state index < -0.39 is 16.5 Å². The summed E-state index contributed by atoms with van der Waals surface area (Å²) < 4.78 is 10.2. The van der Waals surface area contributed by atoms with Gasteiger partial charge in [0.05, 0.1) is 37.4 Å². The van der Waals surface area contributed by atoms with Crippen LogP contribution >= 0.6 is 11.3 Å². The van der Waals surface area contributed by atoms with E-state index in [4.69, 9.17) is 9.47 Å². The molecule has 31 heavy (non-hydrogen) atoms. The molecule has 0 saturated heterocycles. The van der Waals surface area contributed by atoms with Gasteiger partial charge < -0.3 is 14.4 Å². The zero-order valence-corrected chi connectivity index (χ0v) is 18.6. The number of aromatic nitrogens is 1. The number of nitro benzene ring substituents is 1. The van der Waals surface area contributed by atoms with E-state index >= 15 is 0 Å². The minimum atomic E-state index is -0.675. The number of anilines is 1. The Bertz CT molecular complexity index is 1020. The van der Waals surface area contributed by atoms with Crippen LogP contribution in [0, 0.1) is 16.0 Å². The van der Waals surface area contributed by atoms with E-state index in [1.54, 1.807) is 4.90 Å². The van der Waals surface area contributed by atoms with Gasteiger partial charge in [0, 0.05) is 30.3 Å². The zero-order valence-electron chi connectivity index (χ0n) is 17.8. The van der Waals surface area contributed by atoms with Gasteiger partial charge in [0.1, 0.15) is 5.56 Å². The van der Waals surface area contributed by atoms with Gasteiger partial charge in [-0.3, -0.25) is 25.0 Å². The number of fused-ring (bicyclic) bond motifs is 1. The molecule has 2 amide bonds. The normalized spacial score (nSPS) is 13.0. The largest absolute Gasteiger partial charge is 0.493 e. The number of nitro groups is 1. The molecule has 2 heterocycles. The van der Waals surface area contributed by atoms with E-state index in [1.807, 2.05) is 13.8 Å². The van der Waals surface area contributed by atoms with Gasteiger partial charge >= 0.3 is 0 Å². The summed E-state index contributed by atoms with van der Waals surface area (Å²) in [4.78, 5) is 43.1. The van der Waals surface area contributed by atoms with Crippen LogP contribution in [0.25, 0.3) is 0 Å². The molecule has 10 nitrogen and oxygen atoms in total. The van der Waals surface area contributed by atoms with Gasteiger partial charge in [-0.15, -0.1) is 0 Å². The number of thiazole rings is 1. The van der Waals surface area contributed by atoms with Crippen LogP contribution in [-0.4, -0.2) is 47.4 Å². The summed E-state index contributed by atoms with van der Waals surface area (Å²) in [6.07, 6.45) is 1.09. The molecular weight excluding hydrogens is 424 g/mol. The van der Waals surface area contributed by atoms with Gasteiger partial charge in [-0.1, -0.05) is 25.2 Å². The van der Waals surface area contributed by atoms with Crippen LogP contribution in [0.15, 0.2) is 12.1 Å². The predicted molar refractivity (Wildman–Crippen MR) is 115 cm³/mol. The maximum Gasteiger partial charge on any atom is 0.286 e. The SMILES string of the molecule is COc1cc(C(=O)Nc2nc3c(s2)CN(C(=O)CC(C)C)CC3)c([N+](=O)[O-])cc1OC. The summed E-state index contributed by atoms with van der Waals surface area (Å²) in [6.45, 7) is 5.03. The molecule has 0 spiro atoms. The number of methoxy groups -OCH3 is 2. The minimum Gasteiger partial charge on any atom is -0.493 e. The highest BCUT2D eigenvalue weighted by atomic mass is 32.1. The maximum absolute atomic E-state index is 12.8. The Balaban J connectivity index is 1.81. The van der Waals surface area contributed by atoms with Crippen LogP contribution in [0.5, 0.6) is 11.5 Å². The van der Waals surface area contributed by atoms with Crippen LogP contribution in [0.4, 0.5) is 10.8 Å². The van der Waals surface area contributed by atoms with Crippen molar-refractivity contribution in [1.29, 1.82) is 0 Å². The fourth-order valence-corrected chi connectivity index (χ4v) is 4.32. The fourth-order valence-electron chi connectivity index (χ4n) is 3.31. The summed E-state index contributed by atoms with van der Waals surface area (Å²) >= 11 is 1.27. The van der Waals surface area contributed by atoms with Crippen molar-refractivity contribution in [3.8, 4) is 11.5 Å². The minimum absolute atomic E-state index is 0.0978. The number of nitrogens with zero attached hydrogens (tertiary/aromatic N) is 3. The standard InChI is InChI=1S/C20H24N4O6S/c1-11(2)7-18(25)23-6-5-13-17(10-23)31-20(21-13)22-19(26)12-8-15(29-3)16(30-4)9-14(12)24(27)28/h8-9,11H,5-7,10H2,1-4H3,(H,21,22,26). The second-order valence-electron chi connectivity index (χ2n) is 7.49. The lowest BCUT2D eigenvalue weighted by molar-refractivity contribution is -0.385. The summed E-state index contributed by atoms with van der Waals surface area (Å²) in [5.74, 6) is 0.0622. The molecule has 0 bridgehead atoms. The second-order valence-corrected chi connectivity index (χ2v) is 8.57. The van der Waals surface area contributed by atoms with Crippen LogP contribution in [-0.2, 0) is 17.8 Å². The van der Waals surface area contributed by atoms with E-state index in [1.165, 1.54) is 31.6 Å². The van der Waals surface area contributed by atoms with Gasteiger partial charge in [-0.2, -0.15) is 0 Å². The highest BCUT2D eigenvalue weighted by molar-refractivity contribution is 7.15. The predicted octanol–water partition coefficient (Wildman–Crippen LogP) is 3.25. The number of hydrogen-bond acceptors (Lipinski definition) is 8. The zero-order chi connectivity index (χ0) is 22.7. The molecule has 1 aromatic heterocycles. The van der Waals surface area contributed by atoms with Crippen molar-refractivity contribution in [2.45, 2.75) is 33.2 Å². The molecule has 1 aliphatic rings. The van der Waals surface area contributed by atoms with Gasteiger partial charge in [-0.05, 0) is 5.92 Å². The molecule has 11 heteroatoms. The van der Waals surface area contributed by atoms with Gasteiger partial charge in [0.15, 0.2) is 16.6 Å². The third-order valence-electron chi connectivity index (χ3n) is 4.83. The maximum atomic E-state index is 12.8. The number of ether oxygens (including phenoxy) is 2. The van der Waals surface area contributed by atoms with Crippen LogP contribution in [0.3, 0.4) is 0 Å². The van der Waals surface area contributed by atoms with Gasteiger partial charge in [-0.25, -0.2) is 4.98 Å².